The molecule has 154 valence electrons. The van der Waals surface area contributed by atoms with Crippen LogP contribution in [0.3, 0.4) is 0 Å². The zero-order chi connectivity index (χ0) is 20.5. The van der Waals surface area contributed by atoms with E-state index in [2.05, 4.69) is 4.74 Å². The fraction of sp³-hybridized carbons (Fsp3) is 0.476. The molecule has 0 amide bonds. The van der Waals surface area contributed by atoms with Crippen molar-refractivity contribution in [2.24, 2.45) is 0 Å². The lowest BCUT2D eigenvalue weighted by atomic mass is 10.2. The van der Waals surface area contributed by atoms with E-state index in [4.69, 9.17) is 14.2 Å². The quantitative estimate of drug-likeness (QED) is 0.184. The molecular formula is C21H28O7. The van der Waals surface area contributed by atoms with Gasteiger partial charge in [0.15, 0.2) is 11.5 Å². The molecule has 0 heterocycles. The average Bonchev–Trinajstić information content (AvgIpc) is 2.72. The van der Waals surface area contributed by atoms with Gasteiger partial charge in [0.2, 0.25) is 0 Å². The van der Waals surface area contributed by atoms with Gasteiger partial charge in [-0.25, -0.2) is 4.79 Å². The second-order valence-corrected chi connectivity index (χ2v) is 5.95. The van der Waals surface area contributed by atoms with E-state index in [-0.39, 0.29) is 0 Å². The molecule has 1 rings (SSSR count). The molecule has 0 N–H and O–H groups in total. The van der Waals surface area contributed by atoms with E-state index in [0.29, 0.717) is 44.2 Å². The Hall–Kier alpha value is -2.83. The largest absolute Gasteiger partial charge is 0.493 e. The van der Waals surface area contributed by atoms with Crippen molar-refractivity contribution in [1.82, 2.24) is 0 Å². The number of rotatable bonds is 16. The Balaban J connectivity index is 2.40. The van der Waals surface area contributed by atoms with Gasteiger partial charge in [-0.15, -0.1) is 0 Å². The summed E-state index contributed by atoms with van der Waals surface area (Å²) in [6, 6.07) is 5.36. The zero-order valence-corrected chi connectivity index (χ0v) is 16.3. The van der Waals surface area contributed by atoms with Crippen LogP contribution in [0.5, 0.6) is 11.5 Å². The third-order valence-electron chi connectivity index (χ3n) is 3.79. The molecule has 28 heavy (non-hydrogen) atoms. The van der Waals surface area contributed by atoms with Gasteiger partial charge in [-0.05, 0) is 55.9 Å². The number of benzene rings is 1. The molecule has 7 nitrogen and oxygen atoms in total. The number of carbonyl (C=O) groups is 3. The molecule has 0 atom stereocenters. The molecule has 0 aromatic heterocycles. The normalized spacial score (nSPS) is 10.5. The highest BCUT2D eigenvalue weighted by Crippen LogP contribution is 2.28. The van der Waals surface area contributed by atoms with E-state index in [9.17, 15) is 14.4 Å². The van der Waals surface area contributed by atoms with Gasteiger partial charge < -0.3 is 23.7 Å². The summed E-state index contributed by atoms with van der Waals surface area (Å²) in [7, 11) is 1.55. The number of aldehydes is 1. The molecule has 0 aliphatic rings. The molecule has 0 aliphatic carbocycles. The van der Waals surface area contributed by atoms with Gasteiger partial charge >= 0.3 is 5.97 Å². The molecule has 0 unspecified atom stereocenters. The van der Waals surface area contributed by atoms with Crippen molar-refractivity contribution < 1.29 is 33.3 Å². The Morgan fingerprint density at radius 3 is 2.50 bits per heavy atom. The minimum Gasteiger partial charge on any atom is -0.493 e. The summed E-state index contributed by atoms with van der Waals surface area (Å²) >= 11 is 0. The molecule has 0 fully saturated rings. The third kappa shape index (κ3) is 10.4. The number of methoxy groups -OCH3 is 1. The summed E-state index contributed by atoms with van der Waals surface area (Å²) in [5.74, 6) is 0.760. The van der Waals surface area contributed by atoms with Crippen LogP contribution in [0.15, 0.2) is 24.3 Å². The van der Waals surface area contributed by atoms with Gasteiger partial charge in [-0.1, -0.05) is 6.07 Å². The Kier molecular flexibility index (Phi) is 12.6. The van der Waals surface area contributed by atoms with Crippen molar-refractivity contribution >= 4 is 24.8 Å². The summed E-state index contributed by atoms with van der Waals surface area (Å²) in [6.07, 6.45) is 8.35. The van der Waals surface area contributed by atoms with Crippen LogP contribution in [0.25, 0.3) is 6.08 Å². The van der Waals surface area contributed by atoms with Gasteiger partial charge in [0.1, 0.15) is 6.29 Å². The fourth-order valence-corrected chi connectivity index (χ4v) is 2.32. The summed E-state index contributed by atoms with van der Waals surface area (Å²) in [5.41, 5.74) is 0.784. The lowest BCUT2D eigenvalue weighted by Crippen LogP contribution is -2.02. The molecule has 1 aromatic carbocycles. The second-order valence-electron chi connectivity index (χ2n) is 5.95. The predicted octanol–water partition coefficient (Wildman–Crippen LogP) is 3.34. The van der Waals surface area contributed by atoms with Gasteiger partial charge in [0.05, 0.1) is 26.9 Å². The minimum atomic E-state index is -0.410. The van der Waals surface area contributed by atoms with E-state index >= 15 is 0 Å². The lowest BCUT2D eigenvalue weighted by molar-refractivity contribution is -0.137. The van der Waals surface area contributed by atoms with E-state index < -0.39 is 5.97 Å². The van der Waals surface area contributed by atoms with Crippen LogP contribution in [0.2, 0.25) is 0 Å². The van der Waals surface area contributed by atoms with Crippen molar-refractivity contribution in [3.05, 3.63) is 29.8 Å². The average molecular weight is 392 g/mol. The van der Waals surface area contributed by atoms with Crippen molar-refractivity contribution in [3.63, 3.8) is 0 Å². The first-order valence-electron chi connectivity index (χ1n) is 9.35. The molecule has 0 saturated heterocycles. The van der Waals surface area contributed by atoms with Crippen LogP contribution >= 0.6 is 0 Å². The molecule has 0 saturated carbocycles. The molecule has 0 aliphatic heterocycles. The topological polar surface area (TPSA) is 88.1 Å². The Morgan fingerprint density at radius 2 is 1.75 bits per heavy atom. The number of esters is 1. The molecule has 1 aromatic rings. The fourth-order valence-electron chi connectivity index (χ4n) is 2.32. The third-order valence-corrected chi connectivity index (χ3v) is 3.79. The lowest BCUT2D eigenvalue weighted by Gasteiger charge is -2.11. The second kappa shape index (κ2) is 15.2. The maximum Gasteiger partial charge on any atom is 0.330 e. The SMILES string of the molecule is COc1cc(/C=C/C(=O)OCCCCCC=O)ccc1OCCCCOC=O. The van der Waals surface area contributed by atoms with Crippen molar-refractivity contribution in [3.8, 4) is 11.5 Å². The first-order chi connectivity index (χ1) is 13.7. The van der Waals surface area contributed by atoms with Crippen molar-refractivity contribution in [1.29, 1.82) is 0 Å². The van der Waals surface area contributed by atoms with Crippen LogP contribution < -0.4 is 9.47 Å². The maximum atomic E-state index is 11.7. The van der Waals surface area contributed by atoms with E-state index in [0.717, 1.165) is 44.0 Å². The van der Waals surface area contributed by atoms with Crippen molar-refractivity contribution in [2.45, 2.75) is 38.5 Å². The van der Waals surface area contributed by atoms with Crippen LogP contribution in [0.4, 0.5) is 0 Å². The Bertz CT molecular complexity index is 625. The van der Waals surface area contributed by atoms with E-state index in [1.54, 1.807) is 25.3 Å². The monoisotopic (exact) mass is 392 g/mol. The molecule has 0 bridgehead atoms. The smallest absolute Gasteiger partial charge is 0.330 e. The standard InChI is InChI=1S/C21H28O7/c1-25-20-16-18(8-10-19(20)27-14-7-6-13-26-17-23)9-11-21(24)28-15-5-3-2-4-12-22/h8-12,16-17H,2-7,13-15H2,1H3/b11-9+. The van der Waals surface area contributed by atoms with Gasteiger partial charge in [-0.2, -0.15) is 0 Å². The molecular weight excluding hydrogens is 364 g/mol. The molecule has 7 heteroatoms. The Morgan fingerprint density at radius 1 is 0.964 bits per heavy atom. The van der Waals surface area contributed by atoms with Gasteiger partial charge in [-0.3, -0.25) is 4.79 Å². The number of carbonyl (C=O) groups excluding carboxylic acids is 3. The zero-order valence-electron chi connectivity index (χ0n) is 16.3. The van der Waals surface area contributed by atoms with Crippen LogP contribution in [0.1, 0.15) is 44.1 Å². The Labute approximate surface area is 165 Å². The first kappa shape index (κ1) is 23.2. The van der Waals surface area contributed by atoms with Gasteiger partial charge in [0, 0.05) is 12.5 Å². The minimum absolute atomic E-state index is 0.343. The molecule has 0 spiro atoms. The maximum absolute atomic E-state index is 11.7. The first-order valence-corrected chi connectivity index (χ1v) is 9.35. The van der Waals surface area contributed by atoms with Gasteiger partial charge in [0.25, 0.3) is 6.47 Å². The predicted molar refractivity (Wildman–Crippen MR) is 104 cm³/mol. The summed E-state index contributed by atoms with van der Waals surface area (Å²) in [6.45, 7) is 1.63. The number of hydrogen-bond donors (Lipinski definition) is 0. The highest BCUT2D eigenvalue weighted by Gasteiger charge is 2.05. The summed E-state index contributed by atoms with van der Waals surface area (Å²) in [5, 5.41) is 0. The van der Waals surface area contributed by atoms with Crippen LogP contribution in [-0.2, 0) is 23.9 Å². The number of hydrogen-bond acceptors (Lipinski definition) is 7. The van der Waals surface area contributed by atoms with E-state index in [1.807, 2.05) is 6.07 Å². The van der Waals surface area contributed by atoms with Crippen LogP contribution in [0, 0.1) is 0 Å². The summed E-state index contributed by atoms with van der Waals surface area (Å²) < 4.78 is 20.7. The number of unbranched alkanes of at least 4 members (excludes halogenated alkanes) is 4. The summed E-state index contributed by atoms with van der Waals surface area (Å²) in [4.78, 5) is 32.0. The highest BCUT2D eigenvalue weighted by atomic mass is 16.5. The number of ether oxygens (including phenoxy) is 4. The van der Waals surface area contributed by atoms with E-state index in [1.165, 1.54) is 6.08 Å². The molecule has 0 radical (unpaired) electrons. The van der Waals surface area contributed by atoms with Crippen molar-refractivity contribution in [2.75, 3.05) is 26.9 Å². The van der Waals surface area contributed by atoms with Crippen LogP contribution in [-0.4, -0.2) is 45.7 Å². The highest BCUT2D eigenvalue weighted by molar-refractivity contribution is 5.87.